The number of primary amides is 1. The number of anilines is 2. The second-order valence-electron chi connectivity index (χ2n) is 10.5. The lowest BCUT2D eigenvalue weighted by Gasteiger charge is -2.39. The van der Waals surface area contributed by atoms with Gasteiger partial charge in [-0.3, -0.25) is 9.59 Å². The predicted octanol–water partition coefficient (Wildman–Crippen LogP) is 2.06. The fourth-order valence-corrected chi connectivity index (χ4v) is 5.96. The lowest BCUT2D eigenvalue weighted by atomic mass is 9.97. The van der Waals surface area contributed by atoms with Gasteiger partial charge in [0.25, 0.3) is 5.91 Å². The van der Waals surface area contributed by atoms with Gasteiger partial charge in [0.05, 0.1) is 29.2 Å². The molecular weight excluding hydrogens is 513 g/mol. The Morgan fingerprint density at radius 1 is 1.20 bits per heavy atom. The number of hydrogen-bond acceptors (Lipinski definition) is 8. The molecule has 0 radical (unpaired) electrons. The molecule has 2 aromatic rings. The normalized spacial score (nSPS) is 19.2. The molecule has 4 heterocycles. The lowest BCUT2D eigenvalue weighted by molar-refractivity contribution is -0.126. The van der Waals surface area contributed by atoms with Crippen molar-refractivity contribution in [3.63, 3.8) is 0 Å². The molecule has 10 nitrogen and oxygen atoms in total. The number of carbonyl (C=O) groups excluding carboxylic acids is 2. The van der Waals surface area contributed by atoms with E-state index in [4.69, 9.17) is 15.5 Å². The van der Waals surface area contributed by atoms with Gasteiger partial charge in [0, 0.05) is 44.3 Å². The number of ether oxygens (including phenoxy) is 1. The van der Waals surface area contributed by atoms with Gasteiger partial charge >= 0.3 is 0 Å². The zero-order valence-corrected chi connectivity index (χ0v) is 22.7. The number of aromatic nitrogens is 1. The number of piperazine rings is 1. The number of halogens is 1. The van der Waals surface area contributed by atoms with Gasteiger partial charge in [-0.1, -0.05) is 12.6 Å². The van der Waals surface area contributed by atoms with Crippen LogP contribution >= 0.6 is 0 Å². The number of carbonyl (C=O) groups is 2. The molecule has 1 atom stereocenters. The zero-order valence-electron chi connectivity index (χ0n) is 22.7. The highest BCUT2D eigenvalue weighted by Gasteiger charge is 2.33. The van der Waals surface area contributed by atoms with Gasteiger partial charge in [-0.05, 0) is 51.1 Å². The number of rotatable bonds is 7. The molecule has 0 saturated carbocycles. The van der Waals surface area contributed by atoms with E-state index in [1.54, 1.807) is 9.80 Å². The number of nitrogens with two attached hydrogens (primary N) is 1. The molecule has 1 aromatic heterocycles. The van der Waals surface area contributed by atoms with Crippen molar-refractivity contribution < 1.29 is 18.7 Å². The number of nitriles is 1. The minimum atomic E-state index is -0.703. The first-order chi connectivity index (χ1) is 19.3. The average Bonchev–Trinajstić information content (AvgIpc) is 3.38. The molecule has 2 fully saturated rings. The van der Waals surface area contributed by atoms with Crippen LogP contribution in [0.2, 0.25) is 0 Å². The Morgan fingerprint density at radius 3 is 2.62 bits per heavy atom. The highest BCUT2D eigenvalue weighted by molar-refractivity contribution is 5.98. The second kappa shape index (κ2) is 11.5. The Labute approximate surface area is 233 Å². The fraction of sp³-hybridized carbons (Fsp3) is 0.448. The number of hydrogen-bond donors (Lipinski definition) is 1. The molecule has 11 heteroatoms. The van der Waals surface area contributed by atoms with E-state index in [9.17, 15) is 14.9 Å². The van der Waals surface area contributed by atoms with Crippen LogP contribution in [-0.2, 0) is 17.8 Å². The van der Waals surface area contributed by atoms with E-state index in [1.165, 1.54) is 24.3 Å². The van der Waals surface area contributed by atoms with E-state index in [0.29, 0.717) is 57.0 Å². The Balaban J connectivity index is 1.53. The number of benzene rings is 1. The lowest BCUT2D eigenvalue weighted by Crippen LogP contribution is -2.49. The largest absolute Gasteiger partial charge is 0.475 e. The molecule has 3 aliphatic rings. The van der Waals surface area contributed by atoms with E-state index >= 15 is 4.39 Å². The van der Waals surface area contributed by atoms with E-state index in [0.717, 1.165) is 30.6 Å². The highest BCUT2D eigenvalue weighted by Crippen LogP contribution is 2.39. The molecule has 1 aromatic carbocycles. The molecule has 40 heavy (non-hydrogen) atoms. The third-order valence-corrected chi connectivity index (χ3v) is 8.14. The first-order valence-corrected chi connectivity index (χ1v) is 13.6. The Bertz CT molecular complexity index is 1370. The number of pyridine rings is 1. The van der Waals surface area contributed by atoms with Crippen LogP contribution in [0.1, 0.15) is 40.0 Å². The third kappa shape index (κ3) is 5.19. The summed E-state index contributed by atoms with van der Waals surface area (Å²) in [4.78, 5) is 37.0. The molecule has 2 N–H and O–H groups in total. The van der Waals surface area contributed by atoms with Crippen LogP contribution < -0.4 is 20.3 Å². The van der Waals surface area contributed by atoms with Gasteiger partial charge in [-0.2, -0.15) is 5.26 Å². The molecule has 3 aliphatic heterocycles. The standard InChI is InChI=1S/C29H34FN7O3/c1-3-25(38)35-12-14-36(15-13-35)26-20-9-11-37(27-21(28(32)39)7-4-8-23(27)30)17-24(20)33-29(22(26)16-31)40-18-19-6-5-10-34(19)2/h3-4,7-8,19H,1,5-6,9-15,17-18H2,2H3,(H2,32,39)/t19-/m0/s1. The summed E-state index contributed by atoms with van der Waals surface area (Å²) in [7, 11) is 2.06. The van der Waals surface area contributed by atoms with Gasteiger partial charge < -0.3 is 30.1 Å². The van der Waals surface area contributed by atoms with Crippen molar-refractivity contribution in [2.75, 3.05) is 62.7 Å². The van der Waals surface area contributed by atoms with Crippen molar-refractivity contribution in [2.45, 2.75) is 31.8 Å². The first-order valence-electron chi connectivity index (χ1n) is 13.6. The Morgan fingerprint density at radius 2 is 1.98 bits per heavy atom. The molecule has 5 rings (SSSR count). The Hall–Kier alpha value is -4.17. The van der Waals surface area contributed by atoms with Crippen molar-refractivity contribution in [3.05, 3.63) is 59.1 Å². The predicted molar refractivity (Wildman–Crippen MR) is 149 cm³/mol. The SMILES string of the molecule is C=CC(=O)N1CCN(c2c(C#N)c(OC[C@@H]3CCCN3C)nc3c2CCN(c2c(F)cccc2C(N)=O)C3)CC1. The summed E-state index contributed by atoms with van der Waals surface area (Å²) in [6.07, 6.45) is 3.89. The van der Waals surface area contributed by atoms with Crippen LogP contribution in [-0.4, -0.2) is 85.6 Å². The van der Waals surface area contributed by atoms with Crippen LogP contribution in [0.15, 0.2) is 30.9 Å². The van der Waals surface area contributed by atoms with E-state index < -0.39 is 11.7 Å². The summed E-state index contributed by atoms with van der Waals surface area (Å²) in [6, 6.07) is 6.87. The number of likely N-dealkylation sites (N-methyl/N-ethyl adjacent to an activating group) is 1. The Kier molecular flexibility index (Phi) is 7.89. The highest BCUT2D eigenvalue weighted by atomic mass is 19.1. The van der Waals surface area contributed by atoms with E-state index in [-0.39, 0.29) is 35.6 Å². The van der Waals surface area contributed by atoms with Gasteiger partial charge in [0.1, 0.15) is 24.1 Å². The van der Waals surface area contributed by atoms with Crippen molar-refractivity contribution in [3.8, 4) is 11.9 Å². The minimum Gasteiger partial charge on any atom is -0.475 e. The number of fused-ring (bicyclic) bond motifs is 1. The van der Waals surface area contributed by atoms with Crippen molar-refractivity contribution in [1.82, 2.24) is 14.8 Å². The molecule has 0 spiro atoms. The van der Waals surface area contributed by atoms with Gasteiger partial charge in [-0.25, -0.2) is 9.37 Å². The number of amides is 2. The van der Waals surface area contributed by atoms with Crippen LogP contribution in [0.4, 0.5) is 15.8 Å². The maximum absolute atomic E-state index is 15.0. The zero-order chi connectivity index (χ0) is 28.4. The summed E-state index contributed by atoms with van der Waals surface area (Å²) in [5.74, 6) is -1.10. The quantitative estimate of drug-likeness (QED) is 0.524. The van der Waals surface area contributed by atoms with Gasteiger partial charge in [-0.15, -0.1) is 0 Å². The van der Waals surface area contributed by atoms with E-state index in [1.807, 2.05) is 0 Å². The molecule has 0 aliphatic carbocycles. The average molecular weight is 548 g/mol. The summed E-state index contributed by atoms with van der Waals surface area (Å²) in [5.41, 5.74) is 8.54. The summed E-state index contributed by atoms with van der Waals surface area (Å²) in [5, 5.41) is 10.3. The smallest absolute Gasteiger partial charge is 0.250 e. The maximum Gasteiger partial charge on any atom is 0.250 e. The summed E-state index contributed by atoms with van der Waals surface area (Å²) in [6.45, 7) is 7.70. The minimum absolute atomic E-state index is 0.112. The van der Waals surface area contributed by atoms with Gasteiger partial charge in [0.15, 0.2) is 0 Å². The number of nitrogens with zero attached hydrogens (tertiary/aromatic N) is 6. The van der Waals surface area contributed by atoms with Crippen molar-refractivity contribution in [2.24, 2.45) is 5.73 Å². The van der Waals surface area contributed by atoms with E-state index in [2.05, 4.69) is 29.5 Å². The molecule has 210 valence electrons. The topological polar surface area (TPSA) is 119 Å². The number of para-hydroxylation sites is 1. The third-order valence-electron chi connectivity index (χ3n) is 8.14. The molecule has 0 bridgehead atoms. The van der Waals surface area contributed by atoms with Crippen LogP contribution in [0, 0.1) is 17.1 Å². The molecular formula is C29H34FN7O3. The summed E-state index contributed by atoms with van der Waals surface area (Å²) < 4.78 is 21.2. The van der Waals surface area contributed by atoms with Crippen molar-refractivity contribution >= 4 is 23.2 Å². The monoisotopic (exact) mass is 547 g/mol. The van der Waals surface area contributed by atoms with Crippen molar-refractivity contribution in [1.29, 1.82) is 5.26 Å². The first kappa shape index (κ1) is 27.4. The van der Waals surface area contributed by atoms with Crippen LogP contribution in [0.25, 0.3) is 0 Å². The fourth-order valence-electron chi connectivity index (χ4n) is 5.96. The number of likely N-dealkylation sites (tertiary alicyclic amines) is 1. The molecule has 0 unspecified atom stereocenters. The molecule has 2 saturated heterocycles. The summed E-state index contributed by atoms with van der Waals surface area (Å²) >= 11 is 0. The van der Waals surface area contributed by atoms with Crippen LogP contribution in [0.3, 0.4) is 0 Å². The maximum atomic E-state index is 15.0. The second-order valence-corrected chi connectivity index (χ2v) is 10.5. The van der Waals surface area contributed by atoms with Gasteiger partial charge in [0.2, 0.25) is 11.8 Å². The molecule has 2 amide bonds. The van der Waals surface area contributed by atoms with Crippen LogP contribution in [0.5, 0.6) is 5.88 Å².